The van der Waals surface area contributed by atoms with Crippen molar-refractivity contribution in [2.45, 2.75) is 57.1 Å². The molecule has 4 rings (SSSR count). The lowest BCUT2D eigenvalue weighted by atomic mass is 9.69. The third kappa shape index (κ3) is 4.35. The van der Waals surface area contributed by atoms with Crippen LogP contribution < -0.4 is 10.6 Å². The number of hydrogen-bond acceptors (Lipinski definition) is 6. The number of anilines is 1. The number of thiophene rings is 1. The standard InChI is InChI=1S/C26H28ClN3OS2/c1-5-17-11-18(25(33-17)32-6-2)22-19(14-28)24(29)30(16-9-7-8-15(27)10-16)20-12-26(3,4)13-21(31)23(20)22/h7-11,22H,5-6,12-13,29H2,1-4H3/t22-/m0/s1. The normalized spacial score (nSPS) is 20.2. The van der Waals surface area contributed by atoms with Gasteiger partial charge < -0.3 is 5.73 Å². The van der Waals surface area contributed by atoms with Crippen molar-refractivity contribution in [3.8, 4) is 6.07 Å². The first-order valence-electron chi connectivity index (χ1n) is 11.2. The van der Waals surface area contributed by atoms with Crippen LogP contribution in [0.1, 0.15) is 56.9 Å². The molecule has 1 aliphatic carbocycles. The van der Waals surface area contributed by atoms with Crippen LogP contribution in [0.25, 0.3) is 0 Å². The van der Waals surface area contributed by atoms with Crippen molar-refractivity contribution in [3.63, 3.8) is 0 Å². The van der Waals surface area contributed by atoms with E-state index < -0.39 is 5.92 Å². The second-order valence-corrected chi connectivity index (χ2v) is 12.3. The highest BCUT2D eigenvalue weighted by Crippen LogP contribution is 2.52. The maximum absolute atomic E-state index is 13.7. The molecule has 7 heteroatoms. The third-order valence-electron chi connectivity index (χ3n) is 6.16. The van der Waals surface area contributed by atoms with Gasteiger partial charge in [-0.2, -0.15) is 5.26 Å². The van der Waals surface area contributed by atoms with Gasteiger partial charge in [0.1, 0.15) is 5.82 Å². The Kier molecular flexibility index (Phi) is 6.68. The number of aryl methyl sites for hydroxylation is 1. The fourth-order valence-corrected chi connectivity index (χ4v) is 7.35. The van der Waals surface area contributed by atoms with Gasteiger partial charge in [-0.15, -0.1) is 23.1 Å². The summed E-state index contributed by atoms with van der Waals surface area (Å²) < 4.78 is 1.17. The molecule has 0 radical (unpaired) electrons. The molecule has 0 spiro atoms. The topological polar surface area (TPSA) is 70.1 Å². The molecule has 1 aromatic heterocycles. The van der Waals surface area contributed by atoms with Gasteiger partial charge in [0.25, 0.3) is 0 Å². The molecule has 0 amide bonds. The molecular weight excluding hydrogens is 470 g/mol. The SMILES string of the molecule is CCSc1sc(CC)cc1[C@H]1C(C#N)=C(N)N(c2cccc(Cl)c2)C2=C1C(=O)CC(C)(C)C2. The molecule has 0 fully saturated rings. The zero-order chi connectivity index (χ0) is 23.9. The van der Waals surface area contributed by atoms with Gasteiger partial charge in [0.15, 0.2) is 5.78 Å². The molecule has 2 N–H and O–H groups in total. The molecule has 2 aromatic rings. The molecule has 2 heterocycles. The molecule has 1 atom stereocenters. The Hall–Kier alpha value is -2.20. The monoisotopic (exact) mass is 497 g/mol. The molecule has 0 bridgehead atoms. The molecule has 0 unspecified atom stereocenters. The van der Waals surface area contributed by atoms with Gasteiger partial charge in [0.2, 0.25) is 0 Å². The van der Waals surface area contributed by atoms with E-state index in [2.05, 4.69) is 39.8 Å². The third-order valence-corrected chi connectivity index (χ3v) is 8.87. The highest BCUT2D eigenvalue weighted by molar-refractivity contribution is 8.01. The van der Waals surface area contributed by atoms with Crippen LogP contribution in [0.2, 0.25) is 5.02 Å². The van der Waals surface area contributed by atoms with Crippen LogP contribution in [0.5, 0.6) is 0 Å². The average Bonchev–Trinajstić information content (AvgIpc) is 3.15. The molecule has 33 heavy (non-hydrogen) atoms. The van der Waals surface area contributed by atoms with Crippen LogP contribution in [0, 0.1) is 16.7 Å². The second-order valence-electron chi connectivity index (χ2n) is 9.20. The summed E-state index contributed by atoms with van der Waals surface area (Å²) in [6.07, 6.45) is 2.06. The van der Waals surface area contributed by atoms with Gasteiger partial charge in [-0.3, -0.25) is 9.69 Å². The van der Waals surface area contributed by atoms with E-state index in [1.807, 2.05) is 23.1 Å². The predicted molar refractivity (Wildman–Crippen MR) is 139 cm³/mol. The Bertz CT molecular complexity index is 1220. The minimum absolute atomic E-state index is 0.0928. The van der Waals surface area contributed by atoms with E-state index in [9.17, 15) is 10.1 Å². The van der Waals surface area contributed by atoms with E-state index >= 15 is 0 Å². The highest BCUT2D eigenvalue weighted by atomic mass is 35.5. The fourth-order valence-electron chi connectivity index (χ4n) is 4.79. The quantitative estimate of drug-likeness (QED) is 0.449. The molecule has 2 aliphatic rings. The fraction of sp³-hybridized carbons (Fsp3) is 0.385. The number of nitrogens with zero attached hydrogens (tertiary/aromatic N) is 2. The van der Waals surface area contributed by atoms with Crippen molar-refractivity contribution in [2.75, 3.05) is 10.7 Å². The van der Waals surface area contributed by atoms with E-state index in [1.165, 1.54) is 9.09 Å². The van der Waals surface area contributed by atoms with Crippen LogP contribution in [0.4, 0.5) is 5.69 Å². The van der Waals surface area contributed by atoms with Crippen LogP contribution in [-0.2, 0) is 11.2 Å². The number of carbonyl (C=O) groups excluding carboxylic acids is 1. The molecule has 1 aliphatic heterocycles. The minimum atomic E-state index is -0.436. The summed E-state index contributed by atoms with van der Waals surface area (Å²) in [4.78, 5) is 16.8. The Morgan fingerprint density at radius 1 is 1.30 bits per heavy atom. The van der Waals surface area contributed by atoms with Gasteiger partial charge in [-0.05, 0) is 53.8 Å². The van der Waals surface area contributed by atoms with Crippen molar-refractivity contribution < 1.29 is 4.79 Å². The van der Waals surface area contributed by atoms with Crippen LogP contribution >= 0.6 is 34.7 Å². The Labute approximate surface area is 209 Å². The predicted octanol–water partition coefficient (Wildman–Crippen LogP) is 7.02. The number of ketones is 1. The number of nitrogens with two attached hydrogens (primary N) is 1. The number of halogens is 1. The summed E-state index contributed by atoms with van der Waals surface area (Å²) in [7, 11) is 0. The molecule has 4 nitrogen and oxygen atoms in total. The number of nitriles is 1. The first kappa shape index (κ1) is 23.9. The summed E-state index contributed by atoms with van der Waals surface area (Å²) in [5, 5.41) is 10.9. The second kappa shape index (κ2) is 9.21. The molecule has 0 saturated carbocycles. The summed E-state index contributed by atoms with van der Waals surface area (Å²) >= 11 is 9.83. The van der Waals surface area contributed by atoms with Crippen LogP contribution in [0.3, 0.4) is 0 Å². The average molecular weight is 498 g/mol. The highest BCUT2D eigenvalue weighted by Gasteiger charge is 2.45. The van der Waals surface area contributed by atoms with E-state index in [0.717, 1.165) is 29.1 Å². The van der Waals surface area contributed by atoms with Gasteiger partial charge >= 0.3 is 0 Å². The van der Waals surface area contributed by atoms with Crippen molar-refractivity contribution in [1.82, 2.24) is 0 Å². The van der Waals surface area contributed by atoms with Crippen molar-refractivity contribution in [3.05, 3.63) is 68.5 Å². The van der Waals surface area contributed by atoms with Crippen molar-refractivity contribution in [1.29, 1.82) is 5.26 Å². The molecule has 0 saturated heterocycles. The number of rotatable bonds is 5. The maximum Gasteiger partial charge on any atom is 0.162 e. The largest absolute Gasteiger partial charge is 0.384 e. The summed E-state index contributed by atoms with van der Waals surface area (Å²) in [5.41, 5.74) is 10.4. The number of allylic oxidation sites excluding steroid dienone is 3. The zero-order valence-corrected chi connectivity index (χ0v) is 21.8. The Morgan fingerprint density at radius 3 is 2.70 bits per heavy atom. The number of benzene rings is 1. The summed E-state index contributed by atoms with van der Waals surface area (Å²) in [6, 6.07) is 12.0. The Morgan fingerprint density at radius 2 is 2.06 bits per heavy atom. The number of hydrogen-bond donors (Lipinski definition) is 1. The smallest absolute Gasteiger partial charge is 0.162 e. The number of Topliss-reactive ketones (excluding diaryl/α,β-unsaturated/α-hetero) is 1. The van der Waals surface area contributed by atoms with Crippen molar-refractivity contribution >= 4 is 46.2 Å². The lowest BCUT2D eigenvalue weighted by Crippen LogP contribution is -2.42. The van der Waals surface area contributed by atoms with Crippen molar-refractivity contribution in [2.24, 2.45) is 11.1 Å². The maximum atomic E-state index is 13.7. The van der Waals surface area contributed by atoms with Gasteiger partial charge in [0, 0.05) is 33.3 Å². The van der Waals surface area contributed by atoms with E-state index in [4.69, 9.17) is 17.3 Å². The summed E-state index contributed by atoms with van der Waals surface area (Å²) in [6.45, 7) is 8.47. The zero-order valence-electron chi connectivity index (χ0n) is 19.4. The van der Waals surface area contributed by atoms with E-state index in [1.54, 1.807) is 29.2 Å². The van der Waals surface area contributed by atoms with Gasteiger partial charge in [-0.25, -0.2) is 0 Å². The van der Waals surface area contributed by atoms with E-state index in [0.29, 0.717) is 34.8 Å². The summed E-state index contributed by atoms with van der Waals surface area (Å²) in [5.74, 6) is 0.960. The molecular formula is C26H28ClN3OS2. The Balaban J connectivity index is 2.01. The lowest BCUT2D eigenvalue weighted by Gasteiger charge is -2.43. The van der Waals surface area contributed by atoms with Gasteiger partial charge in [-0.1, -0.05) is 45.4 Å². The van der Waals surface area contributed by atoms with Crippen LogP contribution in [0.15, 0.2) is 57.2 Å². The van der Waals surface area contributed by atoms with Gasteiger partial charge in [0.05, 0.1) is 21.8 Å². The van der Waals surface area contributed by atoms with Crippen LogP contribution in [-0.4, -0.2) is 11.5 Å². The lowest BCUT2D eigenvalue weighted by molar-refractivity contribution is -0.118. The number of carbonyl (C=O) groups is 1. The molecule has 1 aromatic carbocycles. The first-order chi connectivity index (χ1) is 15.7. The minimum Gasteiger partial charge on any atom is -0.384 e. The first-order valence-corrected chi connectivity index (χ1v) is 13.4. The van der Waals surface area contributed by atoms with E-state index in [-0.39, 0.29) is 11.2 Å². The number of thioether (sulfide) groups is 1. The molecule has 172 valence electrons.